The predicted octanol–water partition coefficient (Wildman–Crippen LogP) is -0.559. The average Bonchev–Trinajstić information content (AvgIpc) is 2.80. The molecule has 1 nitrogen and oxygen atoms in total. The Morgan fingerprint density at radius 1 is 0.808 bits per heavy atom. The number of aliphatic hydroxyl groups excluding tert-OH is 1. The van der Waals surface area contributed by atoms with Crippen LogP contribution in [0.3, 0.4) is 0 Å². The van der Waals surface area contributed by atoms with Crippen molar-refractivity contribution in [2.45, 2.75) is 40.2 Å². The maximum atomic E-state index is 8.54. The van der Waals surface area contributed by atoms with Crippen molar-refractivity contribution in [3.05, 3.63) is 94.1 Å². The van der Waals surface area contributed by atoms with Crippen LogP contribution < -0.4 is 24.8 Å². The van der Waals surface area contributed by atoms with E-state index in [4.69, 9.17) is 5.11 Å². The zero-order chi connectivity index (χ0) is 16.8. The summed E-state index contributed by atoms with van der Waals surface area (Å²) >= 11 is 0. The van der Waals surface area contributed by atoms with Gasteiger partial charge in [-0.1, -0.05) is 41.5 Å². The summed E-state index contributed by atoms with van der Waals surface area (Å²) in [6, 6.07) is 21.2. The van der Waals surface area contributed by atoms with Gasteiger partial charge in [-0.25, -0.2) is 0 Å². The molecule has 0 heterocycles. The second kappa shape index (κ2) is 13.4. The fourth-order valence-electron chi connectivity index (χ4n) is 2.99. The Kier molecular flexibility index (Phi) is 14.1. The second-order valence-electron chi connectivity index (χ2n) is 6.01. The molecule has 0 aliphatic heterocycles. The summed E-state index contributed by atoms with van der Waals surface area (Å²) in [5, 5.41) is 8.54. The molecule has 1 N–H and O–H groups in total. The maximum Gasteiger partial charge on any atom is 3.00 e. The summed E-state index contributed by atoms with van der Waals surface area (Å²) in [6.45, 7) is 9.05. The van der Waals surface area contributed by atoms with Gasteiger partial charge in [0.1, 0.15) is 0 Å². The van der Waals surface area contributed by atoms with E-state index >= 15 is 0 Å². The van der Waals surface area contributed by atoms with Crippen molar-refractivity contribution in [2.75, 3.05) is 0 Å². The fourth-order valence-corrected chi connectivity index (χ4v) is 2.99. The Bertz CT molecular complexity index is 685. The Morgan fingerprint density at radius 2 is 1.31 bits per heavy atom. The van der Waals surface area contributed by atoms with E-state index in [0.29, 0.717) is 5.92 Å². The van der Waals surface area contributed by atoms with Crippen LogP contribution in [0.1, 0.15) is 44.7 Å². The van der Waals surface area contributed by atoms with E-state index in [-0.39, 0.29) is 53.1 Å². The molecule has 0 unspecified atom stereocenters. The van der Waals surface area contributed by atoms with Crippen molar-refractivity contribution in [1.29, 1.82) is 0 Å². The quantitative estimate of drug-likeness (QED) is 0.507. The van der Waals surface area contributed by atoms with Gasteiger partial charge in [0.15, 0.2) is 0 Å². The topological polar surface area (TPSA) is 20.2 Å². The number of rotatable bonds is 2. The SMILES string of the molecule is CC1=C(C)C(c2[c-]cccc2)C(C)=C1C.OCc1ccccc1.[Cl-].[Cl-].[Ti+3]. The van der Waals surface area contributed by atoms with Crippen molar-refractivity contribution in [1.82, 2.24) is 0 Å². The van der Waals surface area contributed by atoms with E-state index in [1.165, 1.54) is 27.9 Å². The third-order valence-corrected chi connectivity index (χ3v) is 4.68. The number of hydrogen-bond acceptors (Lipinski definition) is 1. The zero-order valence-corrected chi connectivity index (χ0v) is 18.8. The number of hydrogen-bond donors (Lipinski definition) is 1. The van der Waals surface area contributed by atoms with Crippen LogP contribution in [-0.2, 0) is 28.3 Å². The van der Waals surface area contributed by atoms with Crippen molar-refractivity contribution in [3.63, 3.8) is 0 Å². The third-order valence-electron chi connectivity index (χ3n) is 4.68. The van der Waals surface area contributed by atoms with E-state index in [9.17, 15) is 0 Å². The molecule has 2 aromatic carbocycles. The van der Waals surface area contributed by atoms with Gasteiger partial charge in [0, 0.05) is 5.92 Å². The van der Waals surface area contributed by atoms with Gasteiger partial charge >= 0.3 is 21.7 Å². The van der Waals surface area contributed by atoms with Crippen LogP contribution in [0.4, 0.5) is 0 Å². The summed E-state index contributed by atoms with van der Waals surface area (Å²) < 4.78 is 0. The van der Waals surface area contributed by atoms with Gasteiger partial charge < -0.3 is 29.9 Å². The van der Waals surface area contributed by atoms with Crippen molar-refractivity contribution < 1.29 is 51.6 Å². The van der Waals surface area contributed by atoms with Gasteiger partial charge in [-0.15, -0.1) is 0 Å². The molecule has 0 spiro atoms. The van der Waals surface area contributed by atoms with E-state index in [1.54, 1.807) is 0 Å². The van der Waals surface area contributed by atoms with Crippen LogP contribution in [-0.4, -0.2) is 5.11 Å². The maximum absolute atomic E-state index is 8.54. The van der Waals surface area contributed by atoms with Crippen LogP contribution in [0.25, 0.3) is 0 Å². The standard InChI is InChI=1S/C15H17.C7H8O.2ClH.Ti/c1-10-11(2)13(4)15(12(10)3)14-8-6-5-7-9-14;8-6-7-4-2-1-3-5-7;;;/h5-8,15H,1-4H3;1-5,8H,6H2;2*1H;/q-1;;;;+3/p-2. The molecule has 0 atom stereocenters. The molecule has 1 aliphatic rings. The number of halogens is 2. The molecule has 26 heavy (non-hydrogen) atoms. The number of benzene rings is 2. The molecule has 0 bridgehead atoms. The van der Waals surface area contributed by atoms with Crippen LogP contribution in [0, 0.1) is 6.07 Å². The smallest absolute Gasteiger partial charge is 1.00 e. The molecule has 2 aromatic rings. The Labute approximate surface area is 185 Å². The molecule has 0 fully saturated rings. The van der Waals surface area contributed by atoms with Crippen LogP contribution in [0.2, 0.25) is 0 Å². The molecule has 0 amide bonds. The molecule has 4 heteroatoms. The van der Waals surface area contributed by atoms with Crippen LogP contribution in [0.5, 0.6) is 0 Å². The van der Waals surface area contributed by atoms with Gasteiger partial charge in [0.05, 0.1) is 6.61 Å². The van der Waals surface area contributed by atoms with Crippen molar-refractivity contribution in [2.24, 2.45) is 0 Å². The first-order chi connectivity index (χ1) is 11.1. The molecule has 1 radical (unpaired) electrons. The molecule has 0 saturated heterocycles. The molecular formula is C22H25Cl2OTi. The van der Waals surface area contributed by atoms with Gasteiger partial charge in [-0.2, -0.15) is 35.9 Å². The largest absolute Gasteiger partial charge is 3.00 e. The number of allylic oxidation sites excluding steroid dienone is 4. The summed E-state index contributed by atoms with van der Waals surface area (Å²) in [5.41, 5.74) is 8.13. The average molecular weight is 424 g/mol. The normalized spacial score (nSPS) is 13.1. The van der Waals surface area contributed by atoms with Gasteiger partial charge in [0.2, 0.25) is 0 Å². The van der Waals surface area contributed by atoms with Crippen molar-refractivity contribution in [3.8, 4) is 0 Å². The van der Waals surface area contributed by atoms with E-state index in [2.05, 4.69) is 45.9 Å². The Morgan fingerprint density at radius 3 is 1.69 bits per heavy atom. The summed E-state index contributed by atoms with van der Waals surface area (Å²) in [6.07, 6.45) is 0. The van der Waals surface area contributed by atoms with Crippen LogP contribution in [0.15, 0.2) is 76.9 Å². The number of aliphatic hydroxyl groups is 1. The van der Waals surface area contributed by atoms with Crippen molar-refractivity contribution >= 4 is 0 Å². The molecule has 0 saturated carbocycles. The van der Waals surface area contributed by atoms with E-state index in [0.717, 1.165) is 5.56 Å². The third kappa shape index (κ3) is 6.72. The molecule has 0 aromatic heterocycles. The van der Waals surface area contributed by atoms with Gasteiger partial charge in [0.25, 0.3) is 0 Å². The van der Waals surface area contributed by atoms with Crippen LogP contribution >= 0.6 is 0 Å². The first-order valence-corrected chi connectivity index (χ1v) is 8.02. The minimum Gasteiger partial charge on any atom is -1.00 e. The minimum absolute atomic E-state index is 0. The minimum atomic E-state index is 0. The second-order valence-corrected chi connectivity index (χ2v) is 6.01. The Balaban J connectivity index is 0. The van der Waals surface area contributed by atoms with Gasteiger partial charge in [-0.05, 0) is 44.4 Å². The molecule has 1 aliphatic carbocycles. The first-order valence-electron chi connectivity index (χ1n) is 8.02. The summed E-state index contributed by atoms with van der Waals surface area (Å²) in [7, 11) is 0. The Hall–Kier alpha value is -0.826. The van der Waals surface area contributed by atoms with E-state index in [1.807, 2.05) is 42.5 Å². The fraction of sp³-hybridized carbons (Fsp3) is 0.273. The molecule has 3 rings (SSSR count). The zero-order valence-electron chi connectivity index (χ0n) is 15.7. The molecule has 137 valence electrons. The molecular weight excluding hydrogens is 399 g/mol. The first kappa shape index (κ1) is 27.4. The van der Waals surface area contributed by atoms with E-state index < -0.39 is 0 Å². The summed E-state index contributed by atoms with van der Waals surface area (Å²) in [4.78, 5) is 0. The monoisotopic (exact) mass is 423 g/mol. The van der Waals surface area contributed by atoms with Gasteiger partial charge in [-0.3, -0.25) is 0 Å². The predicted molar refractivity (Wildman–Crippen MR) is 97.1 cm³/mol. The summed E-state index contributed by atoms with van der Waals surface area (Å²) in [5.74, 6) is 0.464.